The van der Waals surface area contributed by atoms with Gasteiger partial charge in [0, 0.05) is 12.3 Å². The fourth-order valence-corrected chi connectivity index (χ4v) is 12.5. The second kappa shape index (κ2) is 7.32. The van der Waals surface area contributed by atoms with E-state index in [1.807, 2.05) is 0 Å². The van der Waals surface area contributed by atoms with E-state index in [0.717, 1.165) is 6.42 Å². The summed E-state index contributed by atoms with van der Waals surface area (Å²) in [7, 11) is 0. The van der Waals surface area contributed by atoms with Crippen molar-refractivity contribution < 1.29 is 19.4 Å². The van der Waals surface area contributed by atoms with Crippen LogP contribution < -0.4 is 0 Å². The number of epoxide rings is 1. The molecule has 13 atom stereocenters. The lowest BCUT2D eigenvalue weighted by atomic mass is 9.31. The molecule has 1 heterocycles. The summed E-state index contributed by atoms with van der Waals surface area (Å²) in [6.45, 7) is 21.1. The zero-order valence-corrected chi connectivity index (χ0v) is 24.4. The van der Waals surface area contributed by atoms with Gasteiger partial charge in [-0.15, -0.1) is 0 Å². The van der Waals surface area contributed by atoms with Crippen LogP contribution in [0.25, 0.3) is 0 Å². The summed E-state index contributed by atoms with van der Waals surface area (Å²) in [5.41, 5.74) is 0.378. The second-order valence-corrected chi connectivity index (χ2v) is 16.1. The van der Waals surface area contributed by atoms with Crippen LogP contribution in [0.5, 0.6) is 0 Å². The van der Waals surface area contributed by atoms with Crippen molar-refractivity contribution in [2.75, 3.05) is 0 Å². The van der Waals surface area contributed by atoms with Gasteiger partial charge < -0.3 is 14.6 Å². The lowest BCUT2D eigenvalue weighted by Crippen LogP contribution is -2.69. The van der Waals surface area contributed by atoms with Crippen molar-refractivity contribution >= 4 is 5.97 Å². The molecule has 0 bridgehead atoms. The van der Waals surface area contributed by atoms with Crippen molar-refractivity contribution in [3.8, 4) is 0 Å². The average Bonchev–Trinajstić information content (AvgIpc) is 3.58. The third-order valence-electron chi connectivity index (χ3n) is 14.7. The van der Waals surface area contributed by atoms with Crippen molar-refractivity contribution in [3.05, 3.63) is 0 Å². The molecule has 6 rings (SSSR count). The first kappa shape index (κ1) is 25.7. The number of carbonyl (C=O) groups is 1. The van der Waals surface area contributed by atoms with Crippen molar-refractivity contribution in [1.29, 1.82) is 0 Å². The molecule has 6 fully saturated rings. The molecule has 1 saturated heterocycles. The van der Waals surface area contributed by atoms with Crippen LogP contribution in [0.2, 0.25) is 0 Å². The highest BCUT2D eigenvalue weighted by molar-refractivity contribution is 5.66. The van der Waals surface area contributed by atoms with E-state index >= 15 is 0 Å². The third kappa shape index (κ3) is 2.87. The maximum Gasteiger partial charge on any atom is 0.302 e. The molecular formula is C32H52O4. The number of aliphatic hydroxyl groups is 1. The number of hydrogen-bond acceptors (Lipinski definition) is 4. The van der Waals surface area contributed by atoms with Crippen LogP contribution in [0.15, 0.2) is 0 Å². The first-order chi connectivity index (χ1) is 16.5. The topological polar surface area (TPSA) is 59.1 Å². The molecule has 6 aliphatic rings. The largest absolute Gasteiger partial charge is 0.462 e. The van der Waals surface area contributed by atoms with Crippen LogP contribution in [0.4, 0.5) is 0 Å². The van der Waals surface area contributed by atoms with Gasteiger partial charge in [-0.2, -0.15) is 0 Å². The van der Waals surface area contributed by atoms with Gasteiger partial charge in [0.05, 0.1) is 11.7 Å². The Morgan fingerprint density at radius 3 is 2.17 bits per heavy atom. The van der Waals surface area contributed by atoms with Crippen LogP contribution in [-0.4, -0.2) is 35.0 Å². The molecule has 1 aliphatic heterocycles. The minimum Gasteiger partial charge on any atom is -0.462 e. The van der Waals surface area contributed by atoms with Gasteiger partial charge in [0.15, 0.2) is 0 Å². The number of rotatable bonds is 1. The second-order valence-electron chi connectivity index (χ2n) is 16.1. The summed E-state index contributed by atoms with van der Waals surface area (Å²) in [6, 6.07) is 0. The Labute approximate surface area is 219 Å². The Kier molecular flexibility index (Phi) is 5.21. The molecule has 0 radical (unpaired) electrons. The van der Waals surface area contributed by atoms with Crippen LogP contribution in [-0.2, 0) is 14.3 Å². The summed E-state index contributed by atoms with van der Waals surface area (Å²) in [6.07, 6.45) is 10.1. The quantitative estimate of drug-likeness (QED) is 0.318. The molecule has 4 heteroatoms. The molecule has 0 unspecified atom stereocenters. The van der Waals surface area contributed by atoms with Crippen molar-refractivity contribution in [1.82, 2.24) is 0 Å². The third-order valence-corrected chi connectivity index (χ3v) is 14.7. The Morgan fingerprint density at radius 2 is 1.50 bits per heavy atom. The Hall–Kier alpha value is -0.610. The highest BCUT2D eigenvalue weighted by atomic mass is 16.6. The number of fused-ring (bicyclic) bond motifs is 9. The zero-order valence-electron chi connectivity index (χ0n) is 24.4. The van der Waals surface area contributed by atoms with Gasteiger partial charge in [0.2, 0.25) is 0 Å². The van der Waals surface area contributed by atoms with Gasteiger partial charge in [-0.1, -0.05) is 48.5 Å². The predicted octanol–water partition coefficient (Wildman–Crippen LogP) is 6.78. The van der Waals surface area contributed by atoms with Crippen LogP contribution in [0, 0.1) is 56.7 Å². The van der Waals surface area contributed by atoms with E-state index in [4.69, 9.17) is 9.47 Å². The van der Waals surface area contributed by atoms with Gasteiger partial charge in [-0.05, 0) is 110 Å². The van der Waals surface area contributed by atoms with Gasteiger partial charge >= 0.3 is 5.97 Å². The first-order valence-electron chi connectivity index (χ1n) is 15.1. The van der Waals surface area contributed by atoms with Crippen molar-refractivity contribution in [2.45, 2.75) is 138 Å². The lowest BCUT2D eigenvalue weighted by molar-refractivity contribution is -0.261. The fraction of sp³-hybridized carbons (Fsp3) is 0.969. The fourth-order valence-electron chi connectivity index (χ4n) is 12.5. The van der Waals surface area contributed by atoms with E-state index in [0.29, 0.717) is 29.1 Å². The summed E-state index contributed by atoms with van der Waals surface area (Å²) < 4.78 is 12.2. The molecule has 0 amide bonds. The molecular weight excluding hydrogens is 448 g/mol. The molecule has 1 N–H and O–H groups in total. The van der Waals surface area contributed by atoms with Gasteiger partial charge in [0.25, 0.3) is 0 Å². The molecule has 4 nitrogen and oxygen atoms in total. The maximum absolute atomic E-state index is 11.9. The van der Waals surface area contributed by atoms with Crippen LogP contribution >= 0.6 is 0 Å². The number of carbonyl (C=O) groups excluding carboxylic acids is 1. The minimum atomic E-state index is -0.715. The maximum atomic E-state index is 11.9. The summed E-state index contributed by atoms with van der Waals surface area (Å²) in [5.74, 6) is 2.60. The molecule has 204 valence electrons. The highest BCUT2D eigenvalue weighted by Gasteiger charge is 2.76. The Bertz CT molecular complexity index is 956. The number of hydrogen-bond donors (Lipinski definition) is 1. The molecule has 0 aromatic carbocycles. The van der Waals surface area contributed by atoms with Gasteiger partial charge in [-0.3, -0.25) is 4.79 Å². The van der Waals surface area contributed by atoms with Crippen LogP contribution in [0.3, 0.4) is 0 Å². The van der Waals surface area contributed by atoms with Crippen molar-refractivity contribution in [2.24, 2.45) is 56.7 Å². The molecule has 5 aliphatic carbocycles. The standard InChI is InChI=1S/C32H52O4/c1-18-24-20-10-11-22-28(5)14-13-23(35-19(2)33)27(3,4)21(28)12-15-31(22,8)30(20,7)17-16-29(24,6)25-26(36-25)32(18,9)34/h18,20-26,34H,10-17H2,1-9H3/t18-,20+,21+,22+,23-,24-,25-,26+,28-,29+,30+,31+,32-/m0/s1. The SMILES string of the molecule is CC(=O)O[C@H]1CC[C@@]2(C)[C@H](CC[C@]3(C)[C@@H]2CC[C@@H]2[C@@H]4[C@H](C)[C@](C)(O)[C@@H]5O[C@@H]5[C@]4(C)CC[C@]23C)C1(C)C. The Morgan fingerprint density at radius 1 is 0.806 bits per heavy atom. The Balaban J connectivity index is 1.36. The number of ether oxygens (including phenoxy) is 2. The minimum absolute atomic E-state index is 0.0117. The molecule has 36 heavy (non-hydrogen) atoms. The van der Waals surface area contributed by atoms with Gasteiger partial charge in [0.1, 0.15) is 12.2 Å². The van der Waals surface area contributed by atoms with E-state index in [-0.39, 0.29) is 51.9 Å². The van der Waals surface area contributed by atoms with E-state index in [2.05, 4.69) is 55.4 Å². The normalized spacial score (nSPS) is 60.9. The summed E-state index contributed by atoms with van der Waals surface area (Å²) in [5, 5.41) is 11.6. The molecule has 5 saturated carbocycles. The van der Waals surface area contributed by atoms with E-state index in [1.54, 1.807) is 6.92 Å². The predicted molar refractivity (Wildman–Crippen MR) is 141 cm³/mol. The molecule has 0 aromatic rings. The highest BCUT2D eigenvalue weighted by Crippen LogP contribution is 2.78. The monoisotopic (exact) mass is 500 g/mol. The summed E-state index contributed by atoms with van der Waals surface area (Å²) >= 11 is 0. The summed E-state index contributed by atoms with van der Waals surface area (Å²) in [4.78, 5) is 11.9. The smallest absolute Gasteiger partial charge is 0.302 e. The van der Waals surface area contributed by atoms with E-state index in [9.17, 15) is 9.90 Å². The average molecular weight is 501 g/mol. The molecule has 0 aromatic heterocycles. The zero-order chi connectivity index (χ0) is 26.3. The lowest BCUT2D eigenvalue weighted by Gasteiger charge is -2.73. The van der Waals surface area contributed by atoms with Crippen LogP contribution in [0.1, 0.15) is 114 Å². The number of esters is 1. The van der Waals surface area contributed by atoms with Crippen molar-refractivity contribution in [3.63, 3.8) is 0 Å². The van der Waals surface area contributed by atoms with Gasteiger partial charge in [-0.25, -0.2) is 0 Å². The van der Waals surface area contributed by atoms with E-state index in [1.165, 1.54) is 44.9 Å². The van der Waals surface area contributed by atoms with E-state index < -0.39 is 5.60 Å². The molecule has 0 spiro atoms. The first-order valence-corrected chi connectivity index (χ1v) is 15.1.